The minimum absolute atomic E-state index is 0.0336. The second kappa shape index (κ2) is 6.66. The van der Waals surface area contributed by atoms with Gasteiger partial charge in [0.25, 0.3) is 5.91 Å². The van der Waals surface area contributed by atoms with Gasteiger partial charge in [0, 0.05) is 48.7 Å². The maximum absolute atomic E-state index is 13.3. The average molecular weight is 483 g/mol. The molecule has 0 spiro atoms. The van der Waals surface area contributed by atoms with E-state index < -0.39 is 11.8 Å². The Balaban J connectivity index is 1.70. The maximum atomic E-state index is 13.3. The first kappa shape index (κ1) is 20.7. The van der Waals surface area contributed by atoms with Gasteiger partial charge in [0.15, 0.2) is 5.72 Å². The van der Waals surface area contributed by atoms with Crippen LogP contribution < -0.4 is 5.32 Å². The Morgan fingerprint density at radius 2 is 1.78 bits per heavy atom. The number of nitrogens with zero attached hydrogens (tertiary/aromatic N) is 3. The summed E-state index contributed by atoms with van der Waals surface area (Å²) >= 11 is 0. The van der Waals surface area contributed by atoms with Crippen LogP contribution >= 0.6 is 0 Å². The fraction of sp³-hybridized carbons (Fsp3) is 0.321. The van der Waals surface area contributed by atoms with Crippen molar-refractivity contribution in [2.45, 2.75) is 44.0 Å². The summed E-state index contributed by atoms with van der Waals surface area (Å²) in [7, 11) is 3.36. The monoisotopic (exact) mass is 482 g/mol. The molecule has 3 aromatic carbocycles. The summed E-state index contributed by atoms with van der Waals surface area (Å²) in [4.78, 5) is 13.3. The molecule has 3 aliphatic heterocycles. The number of methoxy groups -OCH3 is 1. The van der Waals surface area contributed by atoms with Gasteiger partial charge in [0.1, 0.15) is 12.3 Å². The number of hydrogen-bond donors (Lipinski definition) is 2. The Bertz CT molecular complexity index is 1780. The average Bonchev–Trinajstić information content (AvgIpc) is 3.51. The summed E-state index contributed by atoms with van der Waals surface area (Å²) in [5.74, 6) is -0.0336. The minimum atomic E-state index is -0.919. The second-order valence-corrected chi connectivity index (χ2v) is 10.4. The van der Waals surface area contributed by atoms with Crippen LogP contribution in [0.1, 0.15) is 35.5 Å². The third kappa shape index (κ3) is 2.19. The summed E-state index contributed by atoms with van der Waals surface area (Å²) in [5, 5.41) is 19.3. The smallest absolute Gasteiger partial charge is 0.252 e. The van der Waals surface area contributed by atoms with Crippen molar-refractivity contribution in [1.29, 1.82) is 0 Å². The molecule has 8 rings (SSSR count). The van der Waals surface area contributed by atoms with Gasteiger partial charge in [-0.3, -0.25) is 4.79 Å². The number of hydrogen-bond acceptors (Lipinski definition) is 5. The number of benzene rings is 3. The third-order valence-corrected chi connectivity index (χ3v) is 8.68. The van der Waals surface area contributed by atoms with E-state index in [1.165, 1.54) is 5.06 Å². The van der Waals surface area contributed by atoms with Gasteiger partial charge in [0.2, 0.25) is 0 Å². The molecular weight excluding hydrogens is 456 g/mol. The molecule has 0 aliphatic carbocycles. The predicted octanol–water partition coefficient (Wildman–Crippen LogP) is 4.46. The summed E-state index contributed by atoms with van der Waals surface area (Å²) in [6, 6.07) is 16.2. The summed E-state index contributed by atoms with van der Waals surface area (Å²) in [6.07, 6.45) is -0.281. The Morgan fingerprint density at radius 1 is 1.08 bits per heavy atom. The first-order valence-corrected chi connectivity index (χ1v) is 12.4. The van der Waals surface area contributed by atoms with Crippen LogP contribution in [0, 0.1) is 0 Å². The van der Waals surface area contributed by atoms with Crippen molar-refractivity contribution in [1.82, 2.24) is 19.5 Å². The van der Waals surface area contributed by atoms with Gasteiger partial charge in [-0.1, -0.05) is 36.4 Å². The lowest BCUT2D eigenvalue weighted by Gasteiger charge is -2.49. The summed E-state index contributed by atoms with van der Waals surface area (Å²) < 4.78 is 17.7. The highest BCUT2D eigenvalue weighted by Gasteiger charge is 2.54. The standard InChI is InChI=1S/C28H26N4O4/c1-28-26(35-3)19(30(2)34)12-20(36-28)31-17-10-6-4-8-14(17)22-23-16(13-29-27(23)33)21-15-9-5-7-11-18(15)32(28)25(21)24(22)31/h4-11,19-20,26,34H,12-13H2,1-3H3,(H,29,33)/t19-,20-,26-,28+/m1/s1. The largest absolute Gasteiger partial charge is 0.375 e. The molecule has 8 heteroatoms. The zero-order valence-corrected chi connectivity index (χ0v) is 20.3. The number of carbonyl (C=O) groups is 1. The van der Waals surface area contributed by atoms with Crippen molar-refractivity contribution < 1.29 is 19.5 Å². The molecule has 0 radical (unpaired) electrons. The lowest BCUT2D eigenvalue weighted by atomic mass is 9.92. The van der Waals surface area contributed by atoms with E-state index in [1.54, 1.807) is 14.2 Å². The fourth-order valence-electron chi connectivity index (χ4n) is 7.38. The molecule has 4 atom stereocenters. The molecule has 2 aromatic heterocycles. The first-order chi connectivity index (χ1) is 17.5. The van der Waals surface area contributed by atoms with Crippen molar-refractivity contribution in [3.63, 3.8) is 0 Å². The number of nitrogens with one attached hydrogen (secondary N) is 1. The molecular formula is C28H26N4O4. The van der Waals surface area contributed by atoms with E-state index in [9.17, 15) is 10.0 Å². The molecule has 8 nitrogen and oxygen atoms in total. The van der Waals surface area contributed by atoms with Crippen LogP contribution in [0.2, 0.25) is 0 Å². The highest BCUT2D eigenvalue weighted by molar-refractivity contribution is 6.31. The summed E-state index contributed by atoms with van der Waals surface area (Å²) in [5.41, 5.74) is 4.96. The fourth-order valence-corrected chi connectivity index (χ4v) is 7.38. The molecule has 0 saturated carbocycles. The zero-order valence-electron chi connectivity index (χ0n) is 20.3. The number of para-hydroxylation sites is 2. The number of aromatic nitrogens is 2. The van der Waals surface area contributed by atoms with Gasteiger partial charge in [-0.2, -0.15) is 5.06 Å². The van der Waals surface area contributed by atoms with E-state index in [1.807, 2.05) is 24.3 Å². The van der Waals surface area contributed by atoms with Crippen LogP contribution in [0.5, 0.6) is 0 Å². The van der Waals surface area contributed by atoms with E-state index in [0.717, 1.165) is 54.7 Å². The maximum Gasteiger partial charge on any atom is 0.252 e. The van der Waals surface area contributed by atoms with Crippen molar-refractivity contribution in [2.24, 2.45) is 0 Å². The Kier molecular flexibility index (Phi) is 3.83. The molecule has 3 aliphatic rings. The Hall–Kier alpha value is -3.43. The lowest BCUT2D eigenvalue weighted by molar-refractivity contribution is -0.293. The summed E-state index contributed by atoms with van der Waals surface area (Å²) in [6.45, 7) is 2.55. The molecule has 182 valence electrons. The molecule has 2 bridgehead atoms. The third-order valence-electron chi connectivity index (χ3n) is 8.68. The number of likely N-dealkylation sites (N-methyl/N-ethyl adjacent to an activating group) is 1. The molecule has 1 saturated heterocycles. The SMILES string of the molecule is CO[C@@H]1[C@H](N(C)O)C[C@H]2O[C@]1(C)n1c3ccccc3c3c4c(c5c6ccccc6n2c5c31)C(=O)NC4. The molecule has 36 heavy (non-hydrogen) atoms. The van der Waals surface area contributed by atoms with E-state index in [2.05, 4.69) is 45.6 Å². The van der Waals surface area contributed by atoms with E-state index >= 15 is 0 Å². The number of carbonyl (C=O) groups excluding carboxylic acids is 1. The van der Waals surface area contributed by atoms with Crippen LogP contribution in [0.3, 0.4) is 0 Å². The van der Waals surface area contributed by atoms with Gasteiger partial charge >= 0.3 is 0 Å². The van der Waals surface area contributed by atoms with Crippen molar-refractivity contribution >= 4 is 49.5 Å². The quantitative estimate of drug-likeness (QED) is 0.363. The molecule has 1 fully saturated rings. The van der Waals surface area contributed by atoms with Crippen LogP contribution in [-0.4, -0.2) is 51.6 Å². The second-order valence-electron chi connectivity index (χ2n) is 10.4. The number of ether oxygens (including phenoxy) is 2. The van der Waals surface area contributed by atoms with Crippen molar-refractivity contribution in [3.8, 4) is 0 Å². The van der Waals surface area contributed by atoms with E-state index in [4.69, 9.17) is 9.47 Å². The molecule has 5 heterocycles. The van der Waals surface area contributed by atoms with Gasteiger partial charge in [-0.25, -0.2) is 0 Å². The van der Waals surface area contributed by atoms with Gasteiger partial charge in [-0.05, 0) is 24.6 Å². The molecule has 0 unspecified atom stereocenters. The van der Waals surface area contributed by atoms with Crippen LogP contribution in [-0.2, 0) is 21.7 Å². The Labute approximate surface area is 206 Å². The van der Waals surface area contributed by atoms with Crippen LogP contribution in [0.15, 0.2) is 48.5 Å². The number of fused-ring (bicyclic) bond motifs is 13. The lowest BCUT2D eigenvalue weighted by Crippen LogP contribution is -2.60. The zero-order chi connectivity index (χ0) is 24.5. The van der Waals surface area contributed by atoms with Crippen molar-refractivity contribution in [2.75, 3.05) is 14.2 Å². The van der Waals surface area contributed by atoms with E-state index in [-0.39, 0.29) is 18.2 Å². The molecule has 2 N–H and O–H groups in total. The van der Waals surface area contributed by atoms with Crippen molar-refractivity contribution in [3.05, 3.63) is 59.7 Å². The van der Waals surface area contributed by atoms with Gasteiger partial charge in [0.05, 0.1) is 33.7 Å². The first-order valence-electron chi connectivity index (χ1n) is 12.4. The number of hydroxylamine groups is 2. The Morgan fingerprint density at radius 3 is 2.50 bits per heavy atom. The normalized spacial score (nSPS) is 27.0. The van der Waals surface area contributed by atoms with E-state index in [0.29, 0.717) is 13.0 Å². The number of rotatable bonds is 2. The molecule has 1 amide bonds. The number of amides is 1. The topological polar surface area (TPSA) is 80.9 Å². The van der Waals surface area contributed by atoms with Gasteiger partial charge < -0.3 is 29.1 Å². The van der Waals surface area contributed by atoms with Crippen LogP contribution in [0.25, 0.3) is 43.6 Å². The van der Waals surface area contributed by atoms with Crippen LogP contribution in [0.4, 0.5) is 0 Å². The highest BCUT2D eigenvalue weighted by Crippen LogP contribution is 2.54. The highest BCUT2D eigenvalue weighted by atomic mass is 16.6. The molecule has 5 aromatic rings. The minimum Gasteiger partial charge on any atom is -0.375 e. The van der Waals surface area contributed by atoms with Gasteiger partial charge in [-0.15, -0.1) is 0 Å². The predicted molar refractivity (Wildman–Crippen MR) is 136 cm³/mol.